The van der Waals surface area contributed by atoms with Gasteiger partial charge in [0.25, 0.3) is 0 Å². The van der Waals surface area contributed by atoms with Crippen molar-refractivity contribution < 1.29 is 77.9 Å². The fraction of sp³-hybridized carbons (Fsp3) is 0. The molecule has 0 heterocycles. The van der Waals surface area contributed by atoms with Crippen LogP contribution in [0, 0.1) is 0 Å². The van der Waals surface area contributed by atoms with Gasteiger partial charge in [0.05, 0.1) is 0 Å². The summed E-state index contributed by atoms with van der Waals surface area (Å²) in [5.74, 6) is 0. The maximum Gasteiger partial charge on any atom is 2.00 e. The Hall–Kier alpha value is 4.95. The fourth-order valence-corrected chi connectivity index (χ4v) is 0. The second-order valence-corrected chi connectivity index (χ2v) is 0. The first kappa shape index (κ1) is 58.5. The summed E-state index contributed by atoms with van der Waals surface area (Å²) in [4.78, 5) is 0. The average molecular weight is 627 g/mol. The summed E-state index contributed by atoms with van der Waals surface area (Å²) in [5, 5.41) is 0. The maximum atomic E-state index is 0. The van der Waals surface area contributed by atoms with E-state index in [1.165, 1.54) is 0 Å². The van der Waals surface area contributed by atoms with Crippen LogP contribution >= 0.6 is 0 Å². The predicted molar refractivity (Wildman–Crippen MR) is 17.3 cm³/mol. The van der Waals surface area contributed by atoms with E-state index in [-0.39, 0.29) is 151 Å². The van der Waals surface area contributed by atoms with Gasteiger partial charge in [-0.2, -0.15) is 0 Å². The molecule has 0 aromatic carbocycles. The first-order chi connectivity index (χ1) is 0. The summed E-state index contributed by atoms with van der Waals surface area (Å²) in [5.41, 5.74) is 0. The largest absolute Gasteiger partial charge is 2.00 e. The Morgan fingerprint density at radius 1 is 0.429 bits per heavy atom. The van der Waals surface area contributed by atoms with E-state index >= 15 is 0 Å². The molecular weight excluding hydrogens is 627 g/mol. The molecule has 0 aromatic rings. The quantitative estimate of drug-likeness (QED) is 0.298. The Bertz CT molecular complexity index is 6.90. The van der Waals surface area contributed by atoms with Gasteiger partial charge in [-0.15, -0.1) is 0 Å². The number of rotatable bonds is 0. The van der Waals surface area contributed by atoms with Crippen LogP contribution in [0.1, 0.15) is 0 Å². The van der Waals surface area contributed by atoms with Crippen molar-refractivity contribution in [2.45, 2.75) is 0 Å². The Morgan fingerprint density at radius 3 is 0.429 bits per heavy atom. The third-order valence-electron chi connectivity index (χ3n) is 0. The summed E-state index contributed by atoms with van der Waals surface area (Å²) < 4.78 is 0. The van der Waals surface area contributed by atoms with Crippen molar-refractivity contribution in [3.8, 4) is 0 Å². The molecule has 0 saturated carbocycles. The Morgan fingerprint density at radius 2 is 0.429 bits per heavy atom. The van der Waals surface area contributed by atoms with Crippen LogP contribution in [-0.4, -0.2) is 73.3 Å². The van der Waals surface area contributed by atoms with Gasteiger partial charge in [-0.3, -0.25) is 0 Å². The zero-order valence-electron chi connectivity index (χ0n) is 4.17. The molecule has 0 aliphatic carbocycles. The first-order valence-corrected chi connectivity index (χ1v) is 0. The van der Waals surface area contributed by atoms with E-state index in [9.17, 15) is 0 Å². The molecule has 0 atom stereocenters. The van der Waals surface area contributed by atoms with E-state index in [4.69, 9.17) is 0 Å². The van der Waals surface area contributed by atoms with E-state index in [1.807, 2.05) is 0 Å². The van der Waals surface area contributed by atoms with Crippen LogP contribution in [0.3, 0.4) is 0 Å². The van der Waals surface area contributed by atoms with Crippen molar-refractivity contribution in [2.75, 3.05) is 0 Å². The molecule has 0 aliphatic heterocycles. The molecule has 0 bridgehead atoms. The summed E-state index contributed by atoms with van der Waals surface area (Å²) in [6, 6.07) is 0. The van der Waals surface area contributed by atoms with Crippen LogP contribution < -0.4 is 0 Å². The topological polar surface area (TPSA) is 0 Å². The van der Waals surface area contributed by atoms with E-state index in [1.54, 1.807) is 0 Å². The molecule has 0 saturated heterocycles. The molecule has 7 heteroatoms. The minimum Gasteiger partial charge on any atom is 0 e. The molecule has 9 radical (unpaired) electrons. The molecule has 0 aromatic heterocycles. The van der Waals surface area contributed by atoms with Crippen molar-refractivity contribution in [1.82, 2.24) is 0 Å². The second kappa shape index (κ2) is 44.3. The molecule has 0 fully saturated rings. The third kappa shape index (κ3) is 35.8. The molecule has 17 valence electrons. The summed E-state index contributed by atoms with van der Waals surface area (Å²) in [7, 11) is 0. The van der Waals surface area contributed by atoms with Crippen LogP contribution in [-0.2, 0) is 77.9 Å². The van der Waals surface area contributed by atoms with E-state index in [2.05, 4.69) is 0 Å². The molecule has 7 heavy (non-hydrogen) atoms. The van der Waals surface area contributed by atoms with Gasteiger partial charge in [0, 0.05) is 92.8 Å². The monoisotopic (exact) mass is 618 g/mol. The van der Waals surface area contributed by atoms with Gasteiger partial charge < -0.3 is 0 Å². The van der Waals surface area contributed by atoms with Crippen molar-refractivity contribution in [1.29, 1.82) is 0 Å². The van der Waals surface area contributed by atoms with Crippen LogP contribution in [0.25, 0.3) is 0 Å². The third-order valence-corrected chi connectivity index (χ3v) is 0. The van der Waals surface area contributed by atoms with Gasteiger partial charge in [0.2, 0.25) is 0 Å². The van der Waals surface area contributed by atoms with Crippen molar-refractivity contribution >= 4 is 73.3 Å². The predicted octanol–water partition coefficient (Wildman–Crippen LogP) is -1.15. The van der Waals surface area contributed by atoms with Gasteiger partial charge in [-0.1, -0.05) is 0 Å². The van der Waals surface area contributed by atoms with Crippen molar-refractivity contribution in [2.24, 2.45) is 0 Å². The van der Waals surface area contributed by atoms with Crippen LogP contribution in [0.4, 0.5) is 0 Å². The van der Waals surface area contributed by atoms with Crippen molar-refractivity contribution in [3.63, 3.8) is 0 Å². The zero-order chi connectivity index (χ0) is 0. The number of hydrogen-bond donors (Lipinski definition) is 0. The van der Waals surface area contributed by atoms with Gasteiger partial charge in [-0.25, -0.2) is 0 Å². The number of hydrogen-bond acceptors (Lipinski definition) is 0. The van der Waals surface area contributed by atoms with Gasteiger partial charge >= 0.3 is 58.4 Å². The summed E-state index contributed by atoms with van der Waals surface area (Å²) in [6.07, 6.45) is 0. The van der Waals surface area contributed by atoms with E-state index < -0.39 is 0 Å². The normalized spacial score (nSPS) is 0. The summed E-state index contributed by atoms with van der Waals surface area (Å²) in [6.45, 7) is 0. The molecule has 0 N–H and O–H groups in total. The minimum absolute atomic E-state index is 0. The minimum atomic E-state index is 0. The fourth-order valence-electron chi connectivity index (χ4n) is 0. The van der Waals surface area contributed by atoms with Crippen LogP contribution in [0.2, 0.25) is 0 Å². The van der Waals surface area contributed by atoms with Gasteiger partial charge in [0.15, 0.2) is 0 Å². The van der Waals surface area contributed by atoms with Crippen molar-refractivity contribution in [3.05, 3.63) is 0 Å². The van der Waals surface area contributed by atoms with Gasteiger partial charge in [-0.05, 0) is 0 Å². The average Bonchev–Trinajstić information content (AvgIpc) is 0. The molecular formula is Sb3Zn4+6. The molecule has 0 unspecified atom stereocenters. The van der Waals surface area contributed by atoms with Gasteiger partial charge in [0.1, 0.15) is 0 Å². The SMILES string of the molecule is [Sb].[Sb].[Sb].[Zn+2].[Zn+2].[Zn+2].[Zn]. The molecule has 0 spiro atoms. The van der Waals surface area contributed by atoms with Crippen LogP contribution in [0.5, 0.6) is 0 Å². The van der Waals surface area contributed by atoms with Crippen LogP contribution in [0.15, 0.2) is 0 Å². The Balaban J connectivity index is 0. The molecule has 0 rings (SSSR count). The smallest absolute Gasteiger partial charge is 0 e. The first-order valence-electron chi connectivity index (χ1n) is 0. The van der Waals surface area contributed by atoms with E-state index in [0.29, 0.717) is 0 Å². The Kier molecular flexibility index (Phi) is 370. The molecule has 0 nitrogen and oxygen atoms in total. The standard InChI is InChI=1S/3Sb.4Zn/q;;;;3*+2. The molecule has 0 aliphatic rings. The maximum absolute atomic E-state index is 0. The molecule has 0 amide bonds. The Labute approximate surface area is 148 Å². The zero-order valence-corrected chi connectivity index (χ0v) is 23.7. The summed E-state index contributed by atoms with van der Waals surface area (Å²) >= 11 is 0. The van der Waals surface area contributed by atoms with E-state index in [0.717, 1.165) is 0 Å². The second-order valence-electron chi connectivity index (χ2n) is 0.